The van der Waals surface area contributed by atoms with Gasteiger partial charge >= 0.3 is 0 Å². The van der Waals surface area contributed by atoms with Crippen LogP contribution in [0.2, 0.25) is 10.0 Å². The average molecular weight is 379 g/mol. The lowest BCUT2D eigenvalue weighted by atomic mass is 10.0. The molecule has 4 rings (SSSR count). The van der Waals surface area contributed by atoms with Gasteiger partial charge in [0, 0.05) is 41.3 Å². The summed E-state index contributed by atoms with van der Waals surface area (Å²) in [4.78, 5) is 5.63. The van der Waals surface area contributed by atoms with Crippen molar-refractivity contribution in [2.45, 2.75) is 19.1 Å². The molecule has 0 fully saturated rings. The molecule has 25 heavy (non-hydrogen) atoms. The Morgan fingerprint density at radius 3 is 2.84 bits per heavy atom. The summed E-state index contributed by atoms with van der Waals surface area (Å²) >= 11 is 11.9. The van der Waals surface area contributed by atoms with E-state index in [-0.39, 0.29) is 5.02 Å². The van der Waals surface area contributed by atoms with E-state index in [4.69, 9.17) is 23.2 Å². The number of β-amino-alcohol motifs (C(OH)–C–C–N with tert-alkyl or cyclic N) is 1. The minimum absolute atomic E-state index is 0.0324. The summed E-state index contributed by atoms with van der Waals surface area (Å²) in [7, 11) is 0. The van der Waals surface area contributed by atoms with Crippen LogP contribution in [0.4, 0.5) is 4.39 Å². The van der Waals surface area contributed by atoms with Crippen LogP contribution < -0.4 is 0 Å². The number of hydrogen-bond donors (Lipinski definition) is 2. The molecule has 2 N–H and O–H groups in total. The van der Waals surface area contributed by atoms with Gasteiger partial charge in [0.25, 0.3) is 0 Å². The number of nitrogens with one attached hydrogen (secondary N) is 1. The maximum Gasteiger partial charge on any atom is 0.141 e. The van der Waals surface area contributed by atoms with Crippen molar-refractivity contribution in [2.24, 2.45) is 0 Å². The van der Waals surface area contributed by atoms with Crippen LogP contribution >= 0.6 is 23.2 Å². The minimum atomic E-state index is -0.710. The first-order valence-corrected chi connectivity index (χ1v) is 8.91. The van der Waals surface area contributed by atoms with Crippen LogP contribution in [0, 0.1) is 5.82 Å². The first-order chi connectivity index (χ1) is 12.0. The summed E-state index contributed by atoms with van der Waals surface area (Å²) in [5.74, 6) is -0.475. The number of aromatic nitrogens is 1. The van der Waals surface area contributed by atoms with Crippen LogP contribution in [-0.2, 0) is 13.0 Å². The molecule has 0 bridgehead atoms. The Kier molecular flexibility index (Phi) is 4.46. The zero-order valence-electron chi connectivity index (χ0n) is 13.4. The van der Waals surface area contributed by atoms with Gasteiger partial charge in [-0.2, -0.15) is 0 Å². The Bertz CT molecular complexity index is 941. The number of benzene rings is 2. The molecule has 1 atom stereocenters. The number of rotatable bonds is 3. The fourth-order valence-corrected chi connectivity index (χ4v) is 3.86. The van der Waals surface area contributed by atoms with Gasteiger partial charge in [0.1, 0.15) is 5.82 Å². The fraction of sp³-hybridized carbons (Fsp3) is 0.263. The molecule has 0 saturated heterocycles. The highest BCUT2D eigenvalue weighted by Crippen LogP contribution is 2.30. The van der Waals surface area contributed by atoms with Crippen molar-refractivity contribution < 1.29 is 9.50 Å². The molecule has 1 aliphatic rings. The Balaban J connectivity index is 1.52. The number of nitrogens with zero attached hydrogens (tertiary/aromatic N) is 1. The summed E-state index contributed by atoms with van der Waals surface area (Å²) in [5, 5.41) is 12.4. The lowest BCUT2D eigenvalue weighted by Gasteiger charge is -2.29. The lowest BCUT2D eigenvalue weighted by Crippen LogP contribution is -2.33. The topological polar surface area (TPSA) is 39.3 Å². The molecule has 2 aromatic carbocycles. The Labute approximate surface area is 155 Å². The molecular formula is C19H17Cl2FN2O. The summed E-state index contributed by atoms with van der Waals surface area (Å²) < 4.78 is 13.3. The second kappa shape index (κ2) is 6.61. The fourth-order valence-electron chi connectivity index (χ4n) is 3.49. The predicted octanol–water partition coefficient (Wildman–Crippen LogP) is 4.71. The van der Waals surface area contributed by atoms with Crippen molar-refractivity contribution in [3.63, 3.8) is 0 Å². The molecule has 1 aromatic heterocycles. The van der Waals surface area contributed by atoms with Crippen LogP contribution in [-0.4, -0.2) is 28.1 Å². The molecular weight excluding hydrogens is 362 g/mol. The molecule has 0 aliphatic carbocycles. The van der Waals surface area contributed by atoms with E-state index in [9.17, 15) is 9.50 Å². The summed E-state index contributed by atoms with van der Waals surface area (Å²) in [6.07, 6.45) is 0.186. The van der Waals surface area contributed by atoms with Gasteiger partial charge in [-0.1, -0.05) is 29.3 Å². The first-order valence-electron chi connectivity index (χ1n) is 8.15. The number of aliphatic hydroxyl groups excluding tert-OH is 1. The SMILES string of the molecule is OC(CN1CCc2c([nH]c3ccc(Cl)cc23)C1)c1ccc(F)c(Cl)c1. The van der Waals surface area contributed by atoms with Crippen LogP contribution in [0.25, 0.3) is 10.9 Å². The van der Waals surface area contributed by atoms with Gasteiger partial charge in [0.2, 0.25) is 0 Å². The Morgan fingerprint density at radius 2 is 2.04 bits per heavy atom. The largest absolute Gasteiger partial charge is 0.387 e. The highest BCUT2D eigenvalue weighted by Gasteiger charge is 2.23. The molecule has 0 radical (unpaired) electrons. The van der Waals surface area contributed by atoms with Gasteiger partial charge in [-0.25, -0.2) is 4.39 Å². The Morgan fingerprint density at radius 1 is 1.20 bits per heavy atom. The van der Waals surface area contributed by atoms with Gasteiger partial charge in [-0.05, 0) is 47.9 Å². The molecule has 2 heterocycles. The average Bonchev–Trinajstić information content (AvgIpc) is 2.94. The summed E-state index contributed by atoms with van der Waals surface area (Å²) in [5.41, 5.74) is 4.17. The van der Waals surface area contributed by atoms with E-state index in [0.29, 0.717) is 12.1 Å². The van der Waals surface area contributed by atoms with E-state index in [2.05, 4.69) is 9.88 Å². The van der Waals surface area contributed by atoms with Gasteiger partial charge in [-0.15, -0.1) is 0 Å². The van der Waals surface area contributed by atoms with Crippen LogP contribution in [0.5, 0.6) is 0 Å². The molecule has 0 amide bonds. The highest BCUT2D eigenvalue weighted by molar-refractivity contribution is 6.31. The lowest BCUT2D eigenvalue weighted by molar-refractivity contribution is 0.105. The zero-order valence-corrected chi connectivity index (χ0v) is 14.9. The number of hydrogen-bond acceptors (Lipinski definition) is 2. The number of halogens is 3. The maximum absolute atomic E-state index is 13.3. The van der Waals surface area contributed by atoms with Crippen LogP contribution in [0.1, 0.15) is 22.9 Å². The summed E-state index contributed by atoms with van der Waals surface area (Å²) in [6, 6.07) is 10.2. The maximum atomic E-state index is 13.3. The quantitative estimate of drug-likeness (QED) is 0.692. The molecule has 6 heteroatoms. The number of aromatic amines is 1. The van der Waals surface area contributed by atoms with Gasteiger partial charge in [0.05, 0.1) is 11.1 Å². The number of H-pyrrole nitrogens is 1. The second-order valence-corrected chi connectivity index (χ2v) is 7.29. The van der Waals surface area contributed by atoms with Crippen molar-refractivity contribution in [2.75, 3.05) is 13.1 Å². The van der Waals surface area contributed by atoms with Gasteiger partial charge in [-0.3, -0.25) is 4.90 Å². The third kappa shape index (κ3) is 3.27. The minimum Gasteiger partial charge on any atom is -0.387 e. The van der Waals surface area contributed by atoms with Crippen molar-refractivity contribution in [3.8, 4) is 0 Å². The van der Waals surface area contributed by atoms with Gasteiger partial charge in [0.15, 0.2) is 0 Å². The molecule has 1 unspecified atom stereocenters. The van der Waals surface area contributed by atoms with Crippen molar-refractivity contribution in [3.05, 3.63) is 69.1 Å². The molecule has 3 aromatic rings. The third-order valence-corrected chi connectivity index (χ3v) is 5.30. The van der Waals surface area contributed by atoms with Crippen molar-refractivity contribution in [1.29, 1.82) is 0 Å². The van der Waals surface area contributed by atoms with Crippen molar-refractivity contribution in [1.82, 2.24) is 9.88 Å². The third-order valence-electron chi connectivity index (χ3n) is 4.78. The van der Waals surface area contributed by atoms with E-state index in [1.54, 1.807) is 6.07 Å². The molecule has 1 aliphatic heterocycles. The van der Waals surface area contributed by atoms with Gasteiger partial charge < -0.3 is 10.1 Å². The van der Waals surface area contributed by atoms with E-state index in [0.717, 1.165) is 35.7 Å². The first kappa shape index (κ1) is 16.9. The van der Waals surface area contributed by atoms with Crippen LogP contribution in [0.15, 0.2) is 36.4 Å². The normalized spacial score (nSPS) is 16.2. The van der Waals surface area contributed by atoms with E-state index >= 15 is 0 Å². The van der Waals surface area contributed by atoms with E-state index in [1.165, 1.54) is 23.1 Å². The highest BCUT2D eigenvalue weighted by atomic mass is 35.5. The van der Waals surface area contributed by atoms with Crippen molar-refractivity contribution >= 4 is 34.1 Å². The zero-order chi connectivity index (χ0) is 17.6. The number of aliphatic hydroxyl groups is 1. The Hall–Kier alpha value is -1.59. The molecule has 0 saturated carbocycles. The smallest absolute Gasteiger partial charge is 0.141 e. The predicted molar refractivity (Wildman–Crippen MR) is 98.7 cm³/mol. The standard InChI is InChI=1S/C19H17Cl2FN2O/c20-12-2-4-17-14(8-12)13-5-6-24(9-18(13)23-17)10-19(25)11-1-3-16(22)15(21)7-11/h1-4,7-8,19,23,25H,5-6,9-10H2. The second-order valence-electron chi connectivity index (χ2n) is 6.45. The number of fused-ring (bicyclic) bond motifs is 3. The monoisotopic (exact) mass is 378 g/mol. The van der Waals surface area contributed by atoms with E-state index < -0.39 is 11.9 Å². The summed E-state index contributed by atoms with van der Waals surface area (Å²) in [6.45, 7) is 2.05. The van der Waals surface area contributed by atoms with E-state index in [1.807, 2.05) is 18.2 Å². The molecule has 0 spiro atoms. The van der Waals surface area contributed by atoms with Crippen LogP contribution in [0.3, 0.4) is 0 Å². The molecule has 130 valence electrons. The molecule has 3 nitrogen and oxygen atoms in total.